The molecule has 0 unspecified atom stereocenters. The van der Waals surface area contributed by atoms with Gasteiger partial charge in [0.2, 0.25) is 0 Å². The van der Waals surface area contributed by atoms with Crippen LogP contribution in [0.2, 0.25) is 0 Å². The molecule has 0 radical (unpaired) electrons. The average Bonchev–Trinajstić information content (AvgIpc) is 2.68. The Labute approximate surface area is 157 Å². The van der Waals surface area contributed by atoms with Gasteiger partial charge in [-0.1, -0.05) is 18.2 Å². The zero-order valence-electron chi connectivity index (χ0n) is 14.8. The monoisotopic (exact) mass is 374 g/mol. The number of amides is 1. The summed E-state index contributed by atoms with van der Waals surface area (Å²) in [6.45, 7) is 4.31. The molecular weight excluding hydrogens is 351 g/mol. The fraction of sp³-hybridized carbons (Fsp3) is 0.350. The first-order chi connectivity index (χ1) is 12.6. The van der Waals surface area contributed by atoms with Crippen LogP contribution in [0.4, 0.5) is 4.39 Å². The van der Waals surface area contributed by atoms with Gasteiger partial charge in [0.1, 0.15) is 0 Å². The third-order valence-electron chi connectivity index (χ3n) is 4.66. The first kappa shape index (κ1) is 18.7. The van der Waals surface area contributed by atoms with E-state index < -0.39 is 5.82 Å². The Bertz CT molecular complexity index is 776. The Morgan fingerprint density at radius 1 is 1.12 bits per heavy atom. The molecule has 138 valence electrons. The highest BCUT2D eigenvalue weighted by Gasteiger charge is 2.22. The normalized spacial score (nSPS) is 15.2. The van der Waals surface area contributed by atoms with Gasteiger partial charge in [-0.05, 0) is 41.6 Å². The van der Waals surface area contributed by atoms with Crippen LogP contribution in [-0.4, -0.2) is 65.5 Å². The van der Waals surface area contributed by atoms with E-state index in [2.05, 4.69) is 11.2 Å². The van der Waals surface area contributed by atoms with Crippen LogP contribution in [-0.2, 0) is 0 Å². The molecule has 2 aromatic rings. The van der Waals surface area contributed by atoms with Gasteiger partial charge >= 0.3 is 0 Å². The molecule has 0 aliphatic carbocycles. The van der Waals surface area contributed by atoms with Crippen molar-refractivity contribution in [3.8, 4) is 16.9 Å². The number of carbonyl (C=O) groups is 1. The molecule has 4 nitrogen and oxygen atoms in total. The van der Waals surface area contributed by atoms with Crippen molar-refractivity contribution in [3.05, 3.63) is 53.8 Å². The standard InChI is InChI=1S/C20H23FN2O2S/c1-26-12-11-22-7-9-23(10-8-22)20(25)17-4-2-3-15(13-17)16-5-6-19(24)18(21)14-16/h2-6,13-14,24H,7-12H2,1H3. The van der Waals surface area contributed by atoms with Crippen LogP contribution in [0, 0.1) is 5.82 Å². The van der Waals surface area contributed by atoms with Gasteiger partial charge in [0.25, 0.3) is 5.91 Å². The molecule has 1 heterocycles. The number of hydrogen-bond acceptors (Lipinski definition) is 4. The zero-order valence-corrected chi connectivity index (χ0v) is 15.6. The van der Waals surface area contributed by atoms with Crippen molar-refractivity contribution >= 4 is 17.7 Å². The zero-order chi connectivity index (χ0) is 18.5. The van der Waals surface area contributed by atoms with Crippen LogP contribution in [0.1, 0.15) is 10.4 Å². The molecule has 1 amide bonds. The fourth-order valence-electron chi connectivity index (χ4n) is 3.10. The highest BCUT2D eigenvalue weighted by atomic mass is 32.2. The Morgan fingerprint density at radius 2 is 1.85 bits per heavy atom. The maximum Gasteiger partial charge on any atom is 0.253 e. The summed E-state index contributed by atoms with van der Waals surface area (Å²) in [7, 11) is 0. The lowest BCUT2D eigenvalue weighted by Gasteiger charge is -2.34. The molecule has 26 heavy (non-hydrogen) atoms. The molecule has 0 saturated carbocycles. The number of aromatic hydroxyl groups is 1. The van der Waals surface area contributed by atoms with Crippen LogP contribution in [0.15, 0.2) is 42.5 Å². The van der Waals surface area contributed by atoms with Crippen LogP contribution in [0.5, 0.6) is 5.75 Å². The highest BCUT2D eigenvalue weighted by Crippen LogP contribution is 2.26. The summed E-state index contributed by atoms with van der Waals surface area (Å²) >= 11 is 1.84. The van der Waals surface area contributed by atoms with E-state index in [1.54, 1.807) is 18.2 Å². The summed E-state index contributed by atoms with van der Waals surface area (Å²) < 4.78 is 13.6. The molecule has 0 aromatic heterocycles. The summed E-state index contributed by atoms with van der Waals surface area (Å²) in [5.41, 5.74) is 2.00. The number of phenolic OH excluding ortho intramolecular Hbond substituents is 1. The quantitative estimate of drug-likeness (QED) is 0.872. The number of nitrogens with zero attached hydrogens (tertiary/aromatic N) is 2. The largest absolute Gasteiger partial charge is 0.505 e. The smallest absolute Gasteiger partial charge is 0.253 e. The minimum absolute atomic E-state index is 0.00983. The summed E-state index contributed by atoms with van der Waals surface area (Å²) in [6, 6.07) is 11.5. The minimum atomic E-state index is -0.666. The number of hydrogen-bond donors (Lipinski definition) is 1. The summed E-state index contributed by atoms with van der Waals surface area (Å²) in [6.07, 6.45) is 2.10. The van der Waals surface area contributed by atoms with E-state index >= 15 is 0 Å². The van der Waals surface area contributed by atoms with Gasteiger partial charge in [-0.3, -0.25) is 9.69 Å². The molecule has 0 bridgehead atoms. The number of carbonyl (C=O) groups excluding carboxylic acids is 1. The third-order valence-corrected chi connectivity index (χ3v) is 5.25. The molecule has 6 heteroatoms. The van der Waals surface area contributed by atoms with Crippen molar-refractivity contribution in [2.75, 3.05) is 44.7 Å². The van der Waals surface area contributed by atoms with E-state index in [9.17, 15) is 14.3 Å². The van der Waals surface area contributed by atoms with Crippen LogP contribution in [0.25, 0.3) is 11.1 Å². The first-order valence-corrected chi connectivity index (χ1v) is 10.1. The second kappa shape index (κ2) is 8.56. The SMILES string of the molecule is CSCCN1CCN(C(=O)c2cccc(-c3ccc(O)c(F)c3)c2)CC1. The molecule has 1 aliphatic heterocycles. The minimum Gasteiger partial charge on any atom is -0.505 e. The Hall–Kier alpha value is -2.05. The predicted octanol–water partition coefficient (Wildman–Crippen LogP) is 3.32. The van der Waals surface area contributed by atoms with Crippen LogP contribution >= 0.6 is 11.8 Å². The topological polar surface area (TPSA) is 43.8 Å². The lowest BCUT2D eigenvalue weighted by atomic mass is 10.0. The molecule has 0 atom stereocenters. The molecule has 1 saturated heterocycles. The van der Waals surface area contributed by atoms with E-state index in [1.165, 1.54) is 12.1 Å². The third kappa shape index (κ3) is 4.37. The summed E-state index contributed by atoms with van der Waals surface area (Å²) in [5.74, 6) is 0.0793. The average molecular weight is 374 g/mol. The molecule has 2 aromatic carbocycles. The molecular formula is C20H23FN2O2S. The van der Waals surface area contributed by atoms with Crippen molar-refractivity contribution in [3.63, 3.8) is 0 Å². The van der Waals surface area contributed by atoms with Crippen LogP contribution in [0.3, 0.4) is 0 Å². The Kier molecular flexibility index (Phi) is 6.16. The first-order valence-electron chi connectivity index (χ1n) is 8.68. The maximum absolute atomic E-state index is 13.6. The molecule has 0 spiro atoms. The van der Waals surface area contributed by atoms with Crippen molar-refractivity contribution in [2.24, 2.45) is 0 Å². The second-order valence-corrected chi connectivity index (χ2v) is 7.36. The summed E-state index contributed by atoms with van der Waals surface area (Å²) in [5, 5.41) is 9.34. The van der Waals surface area contributed by atoms with E-state index in [-0.39, 0.29) is 11.7 Å². The second-order valence-electron chi connectivity index (χ2n) is 6.37. The Balaban J connectivity index is 1.70. The molecule has 1 aliphatic rings. The lowest BCUT2D eigenvalue weighted by Crippen LogP contribution is -2.49. The van der Waals surface area contributed by atoms with Gasteiger partial charge in [-0.25, -0.2) is 4.39 Å². The van der Waals surface area contributed by atoms with Crippen LogP contribution < -0.4 is 0 Å². The van der Waals surface area contributed by atoms with Gasteiger partial charge in [0.05, 0.1) is 0 Å². The van der Waals surface area contributed by atoms with Gasteiger partial charge < -0.3 is 10.0 Å². The number of halogens is 1. The lowest BCUT2D eigenvalue weighted by molar-refractivity contribution is 0.0644. The number of piperazine rings is 1. The summed E-state index contributed by atoms with van der Waals surface area (Å²) in [4.78, 5) is 17.1. The van der Waals surface area contributed by atoms with Gasteiger partial charge in [0.15, 0.2) is 11.6 Å². The maximum atomic E-state index is 13.6. The van der Waals surface area contributed by atoms with Gasteiger partial charge in [0, 0.05) is 44.0 Å². The van der Waals surface area contributed by atoms with E-state index in [0.717, 1.165) is 44.0 Å². The van der Waals surface area contributed by atoms with Gasteiger partial charge in [-0.15, -0.1) is 0 Å². The number of benzene rings is 2. The Morgan fingerprint density at radius 3 is 2.54 bits per heavy atom. The van der Waals surface area contributed by atoms with Gasteiger partial charge in [-0.2, -0.15) is 11.8 Å². The predicted molar refractivity (Wildman–Crippen MR) is 104 cm³/mol. The number of phenols is 1. The molecule has 1 fully saturated rings. The van der Waals surface area contributed by atoms with E-state index in [1.807, 2.05) is 28.8 Å². The molecule has 3 rings (SSSR count). The van der Waals surface area contributed by atoms with Crippen molar-refractivity contribution in [2.45, 2.75) is 0 Å². The van der Waals surface area contributed by atoms with Crippen molar-refractivity contribution < 1.29 is 14.3 Å². The van der Waals surface area contributed by atoms with Crippen molar-refractivity contribution in [1.29, 1.82) is 0 Å². The highest BCUT2D eigenvalue weighted by molar-refractivity contribution is 7.98. The van der Waals surface area contributed by atoms with E-state index in [4.69, 9.17) is 0 Å². The molecule has 1 N–H and O–H groups in total. The number of thioether (sulfide) groups is 1. The number of rotatable bonds is 5. The fourth-order valence-corrected chi connectivity index (χ4v) is 3.54. The van der Waals surface area contributed by atoms with Crippen molar-refractivity contribution in [1.82, 2.24) is 9.80 Å². The van der Waals surface area contributed by atoms with E-state index in [0.29, 0.717) is 11.1 Å².